The number of hydrogen-bond acceptors (Lipinski definition) is 3. The molecule has 0 aromatic carbocycles. The Morgan fingerprint density at radius 2 is 2.42 bits per heavy atom. The number of hydrogen-bond donors (Lipinski definition) is 1. The van der Waals surface area contributed by atoms with Crippen molar-refractivity contribution in [2.24, 2.45) is 5.92 Å². The summed E-state index contributed by atoms with van der Waals surface area (Å²) in [5, 5.41) is 3.70. The number of likely N-dealkylation sites (tertiary alicyclic amines) is 1. The van der Waals surface area contributed by atoms with Gasteiger partial charge in [0.1, 0.15) is 0 Å². The number of carbonyl (C=O) groups is 1. The van der Waals surface area contributed by atoms with Crippen LogP contribution >= 0.6 is 11.8 Å². The first-order chi connectivity index (χ1) is 5.74. The number of nitrogens with zero attached hydrogens (tertiary/aromatic N) is 1. The van der Waals surface area contributed by atoms with Crippen LogP contribution in [0.15, 0.2) is 0 Å². The van der Waals surface area contributed by atoms with Crippen molar-refractivity contribution in [3.63, 3.8) is 0 Å². The van der Waals surface area contributed by atoms with Gasteiger partial charge in [-0.05, 0) is 6.26 Å². The summed E-state index contributed by atoms with van der Waals surface area (Å²) in [6, 6.07) is 0.464. The topological polar surface area (TPSA) is 32.3 Å². The molecule has 0 aromatic rings. The van der Waals surface area contributed by atoms with E-state index in [0.717, 1.165) is 6.54 Å². The lowest BCUT2D eigenvalue weighted by atomic mass is 9.85. The predicted molar refractivity (Wildman–Crippen MR) is 50.0 cm³/mol. The van der Waals surface area contributed by atoms with Crippen molar-refractivity contribution in [3.05, 3.63) is 0 Å². The van der Waals surface area contributed by atoms with Gasteiger partial charge >= 0.3 is 0 Å². The minimum atomic E-state index is 0.280. The van der Waals surface area contributed by atoms with Crippen LogP contribution < -0.4 is 5.32 Å². The van der Waals surface area contributed by atoms with E-state index in [2.05, 4.69) is 11.6 Å². The highest BCUT2D eigenvalue weighted by molar-refractivity contribution is 7.99. The van der Waals surface area contributed by atoms with Crippen LogP contribution in [0.1, 0.15) is 6.42 Å². The molecule has 0 radical (unpaired) electrons. The summed E-state index contributed by atoms with van der Waals surface area (Å²) in [6.07, 6.45) is 2.77. The minimum Gasteiger partial charge on any atom is -0.333 e. The molecule has 3 nitrogen and oxygen atoms in total. The average Bonchev–Trinajstić information content (AvgIpc) is 2.04. The SMILES string of the molecule is CSC1C2CNC2CC(=O)N1C. The Hall–Kier alpha value is -0.220. The monoisotopic (exact) mass is 186 g/mol. The fraction of sp³-hybridized carbons (Fsp3) is 0.875. The number of nitrogens with one attached hydrogen (secondary N) is 1. The Morgan fingerprint density at radius 1 is 1.67 bits per heavy atom. The first-order valence-electron chi connectivity index (χ1n) is 4.26. The molecule has 2 fully saturated rings. The van der Waals surface area contributed by atoms with Crippen LogP contribution in [-0.4, -0.2) is 42.1 Å². The van der Waals surface area contributed by atoms with Crippen LogP contribution in [0.2, 0.25) is 0 Å². The molecule has 12 heavy (non-hydrogen) atoms. The van der Waals surface area contributed by atoms with Crippen molar-refractivity contribution >= 4 is 17.7 Å². The van der Waals surface area contributed by atoms with Gasteiger partial charge < -0.3 is 10.2 Å². The molecule has 0 bridgehead atoms. The number of amides is 1. The van der Waals surface area contributed by atoms with Crippen molar-refractivity contribution in [2.75, 3.05) is 19.8 Å². The summed E-state index contributed by atoms with van der Waals surface area (Å²) >= 11 is 1.79. The van der Waals surface area contributed by atoms with Crippen molar-refractivity contribution in [1.82, 2.24) is 10.2 Å². The first kappa shape index (κ1) is 8.38. The van der Waals surface area contributed by atoms with Crippen LogP contribution in [0.4, 0.5) is 0 Å². The van der Waals surface area contributed by atoms with Gasteiger partial charge in [-0.3, -0.25) is 4.79 Å². The first-order valence-corrected chi connectivity index (χ1v) is 5.54. The molecule has 3 unspecified atom stereocenters. The van der Waals surface area contributed by atoms with E-state index in [1.807, 2.05) is 11.9 Å². The molecular formula is C8H14N2OS. The maximum Gasteiger partial charge on any atom is 0.224 e. The molecule has 3 atom stereocenters. The molecule has 0 saturated carbocycles. The third-order valence-corrected chi connectivity index (χ3v) is 4.06. The minimum absolute atomic E-state index is 0.280. The summed E-state index contributed by atoms with van der Waals surface area (Å²) in [5.41, 5.74) is 0. The summed E-state index contributed by atoms with van der Waals surface area (Å²) in [7, 11) is 1.91. The molecule has 0 aromatic heterocycles. The maximum absolute atomic E-state index is 11.4. The van der Waals surface area contributed by atoms with E-state index < -0.39 is 0 Å². The van der Waals surface area contributed by atoms with Crippen LogP contribution in [0, 0.1) is 5.92 Å². The molecule has 2 rings (SSSR count). The lowest BCUT2D eigenvalue weighted by Gasteiger charge is -2.49. The highest BCUT2D eigenvalue weighted by Gasteiger charge is 2.44. The quantitative estimate of drug-likeness (QED) is 0.631. The van der Waals surface area contributed by atoms with Crippen molar-refractivity contribution in [1.29, 1.82) is 0 Å². The van der Waals surface area contributed by atoms with E-state index in [0.29, 0.717) is 23.8 Å². The number of carbonyl (C=O) groups excluding carboxylic acids is 1. The highest BCUT2D eigenvalue weighted by atomic mass is 32.2. The molecule has 2 aliphatic rings. The van der Waals surface area contributed by atoms with Crippen LogP contribution in [0.3, 0.4) is 0 Å². The van der Waals surface area contributed by atoms with E-state index in [9.17, 15) is 4.79 Å². The standard InChI is InChI=1S/C8H14N2OS/c1-10-7(11)3-6-5(4-9-6)8(10)12-2/h5-6,8-9H,3-4H2,1-2H3. The Kier molecular flexibility index (Phi) is 2.04. The second-order valence-electron chi connectivity index (χ2n) is 3.51. The second kappa shape index (κ2) is 2.92. The second-order valence-corrected chi connectivity index (χ2v) is 4.47. The fourth-order valence-corrected chi connectivity index (χ4v) is 3.11. The molecule has 1 amide bonds. The summed E-state index contributed by atoms with van der Waals surface area (Å²) in [5.74, 6) is 0.963. The molecule has 1 N–H and O–H groups in total. The smallest absolute Gasteiger partial charge is 0.224 e. The normalized spacial score (nSPS) is 40.7. The lowest BCUT2D eigenvalue weighted by molar-refractivity contribution is -0.137. The van der Waals surface area contributed by atoms with Gasteiger partial charge in [-0.15, -0.1) is 11.8 Å². The Morgan fingerprint density at radius 3 is 2.92 bits per heavy atom. The largest absolute Gasteiger partial charge is 0.333 e. The summed E-state index contributed by atoms with van der Waals surface area (Å²) in [6.45, 7) is 1.08. The van der Waals surface area contributed by atoms with Gasteiger partial charge in [0.25, 0.3) is 0 Å². The molecular weight excluding hydrogens is 172 g/mol. The van der Waals surface area contributed by atoms with Gasteiger partial charge in [-0.1, -0.05) is 0 Å². The number of thioether (sulfide) groups is 1. The van der Waals surface area contributed by atoms with Crippen molar-refractivity contribution in [3.8, 4) is 0 Å². The van der Waals surface area contributed by atoms with Gasteiger partial charge in [0.15, 0.2) is 0 Å². The molecule has 2 saturated heterocycles. The Balaban J connectivity index is 2.12. The van der Waals surface area contributed by atoms with Crippen molar-refractivity contribution in [2.45, 2.75) is 17.8 Å². The van der Waals surface area contributed by atoms with Gasteiger partial charge in [0.2, 0.25) is 5.91 Å². The van der Waals surface area contributed by atoms with Crippen molar-refractivity contribution < 1.29 is 4.79 Å². The molecule has 68 valence electrons. The molecule has 2 heterocycles. The zero-order valence-corrected chi connectivity index (χ0v) is 8.23. The average molecular weight is 186 g/mol. The Bertz CT molecular complexity index is 209. The number of rotatable bonds is 1. The summed E-state index contributed by atoms with van der Waals surface area (Å²) in [4.78, 5) is 13.3. The molecule has 0 spiro atoms. The zero-order chi connectivity index (χ0) is 8.72. The Labute approximate surface area is 76.9 Å². The maximum atomic E-state index is 11.4. The fourth-order valence-electron chi connectivity index (χ4n) is 2.04. The van der Waals surface area contributed by atoms with Gasteiger partial charge in [-0.2, -0.15) is 0 Å². The zero-order valence-electron chi connectivity index (χ0n) is 7.41. The number of fused-ring (bicyclic) bond motifs is 1. The third kappa shape index (κ3) is 1.05. The van der Waals surface area contributed by atoms with Gasteiger partial charge in [-0.25, -0.2) is 0 Å². The molecule has 4 heteroatoms. The summed E-state index contributed by atoms with van der Waals surface area (Å²) < 4.78 is 0. The van der Waals surface area contributed by atoms with E-state index in [-0.39, 0.29) is 5.91 Å². The van der Waals surface area contributed by atoms with Crippen LogP contribution in [0.5, 0.6) is 0 Å². The molecule has 2 aliphatic heterocycles. The van der Waals surface area contributed by atoms with Gasteiger partial charge in [0.05, 0.1) is 5.37 Å². The highest BCUT2D eigenvalue weighted by Crippen LogP contribution is 2.34. The van der Waals surface area contributed by atoms with Crippen LogP contribution in [-0.2, 0) is 4.79 Å². The van der Waals surface area contributed by atoms with Crippen LogP contribution in [0.25, 0.3) is 0 Å². The van der Waals surface area contributed by atoms with Gasteiger partial charge in [0, 0.05) is 32.0 Å². The van der Waals surface area contributed by atoms with E-state index in [1.54, 1.807) is 11.8 Å². The number of piperidine rings is 1. The lowest BCUT2D eigenvalue weighted by Crippen LogP contribution is -2.65. The third-order valence-electron chi connectivity index (χ3n) is 2.91. The molecule has 0 aliphatic carbocycles. The van der Waals surface area contributed by atoms with E-state index in [1.165, 1.54) is 0 Å². The predicted octanol–water partition coefficient (Wildman–Crippen LogP) is 0.126. The van der Waals surface area contributed by atoms with E-state index >= 15 is 0 Å². The van der Waals surface area contributed by atoms with E-state index in [4.69, 9.17) is 0 Å².